The fourth-order valence-corrected chi connectivity index (χ4v) is 3.34. The van der Waals surface area contributed by atoms with Crippen molar-refractivity contribution in [2.45, 2.75) is 46.0 Å². The average Bonchev–Trinajstić information content (AvgIpc) is 2.59. The molecule has 0 bridgehead atoms. The van der Waals surface area contributed by atoms with Gasteiger partial charge in [0.2, 0.25) is 5.12 Å². The summed E-state index contributed by atoms with van der Waals surface area (Å²) in [7, 11) is 0. The van der Waals surface area contributed by atoms with Gasteiger partial charge >= 0.3 is 0 Å². The molecule has 0 atom stereocenters. The molecule has 0 aliphatic carbocycles. The van der Waals surface area contributed by atoms with E-state index in [4.69, 9.17) is 5.73 Å². The molecule has 1 aromatic rings. The Morgan fingerprint density at radius 2 is 1.64 bits per heavy atom. The van der Waals surface area contributed by atoms with Gasteiger partial charge in [-0.2, -0.15) is 0 Å². The van der Waals surface area contributed by atoms with E-state index in [-0.39, 0.29) is 29.9 Å². The number of carbonyl (C=O) groups is 1. The van der Waals surface area contributed by atoms with E-state index in [2.05, 4.69) is 30.9 Å². The van der Waals surface area contributed by atoms with Crippen molar-refractivity contribution in [3.05, 3.63) is 35.4 Å². The molecule has 0 radical (unpaired) electrons. The number of unbranched alkanes of at least 4 members (excludes halogenated alkanes) is 2. The predicted octanol–water partition coefficient (Wildman–Crippen LogP) is 4.81. The monoisotopic (exact) mass is 408 g/mol. The zero-order valence-electron chi connectivity index (χ0n) is 15.5. The number of benzene rings is 1. The van der Waals surface area contributed by atoms with Crippen LogP contribution in [0, 0.1) is 0 Å². The van der Waals surface area contributed by atoms with Crippen LogP contribution < -0.4 is 5.73 Å². The first-order valence-corrected chi connectivity index (χ1v) is 9.88. The van der Waals surface area contributed by atoms with Gasteiger partial charge in [0, 0.05) is 11.3 Å². The Balaban J connectivity index is 0. The van der Waals surface area contributed by atoms with Crippen molar-refractivity contribution < 1.29 is 4.79 Å². The molecule has 3 nitrogen and oxygen atoms in total. The van der Waals surface area contributed by atoms with E-state index in [1.807, 2.05) is 12.1 Å². The molecule has 0 spiro atoms. The maximum atomic E-state index is 12.2. The van der Waals surface area contributed by atoms with Crippen LogP contribution in [0.15, 0.2) is 24.3 Å². The van der Waals surface area contributed by atoms with Crippen molar-refractivity contribution in [2.75, 3.05) is 31.9 Å². The van der Waals surface area contributed by atoms with Gasteiger partial charge in [0.1, 0.15) is 0 Å². The molecule has 1 aromatic carbocycles. The molecule has 0 aliphatic heterocycles. The maximum absolute atomic E-state index is 12.2. The highest BCUT2D eigenvalue weighted by Gasteiger charge is 2.06. The average molecular weight is 409 g/mol. The second-order valence-electron chi connectivity index (χ2n) is 5.81. The Morgan fingerprint density at radius 1 is 1.00 bits per heavy atom. The molecule has 0 saturated heterocycles. The first-order valence-electron chi connectivity index (χ1n) is 8.89. The van der Waals surface area contributed by atoms with Crippen LogP contribution in [0.1, 0.15) is 55.5 Å². The number of halogens is 2. The first-order chi connectivity index (χ1) is 11.2. The molecule has 0 heterocycles. The van der Waals surface area contributed by atoms with Gasteiger partial charge in [-0.05, 0) is 63.8 Å². The number of carbonyl (C=O) groups excluding carboxylic acids is 1. The third-order valence-corrected chi connectivity index (χ3v) is 5.10. The highest BCUT2D eigenvalue weighted by atomic mass is 35.5. The number of aryl methyl sites for hydroxylation is 1. The van der Waals surface area contributed by atoms with Gasteiger partial charge in [0.05, 0.1) is 0 Å². The van der Waals surface area contributed by atoms with E-state index in [9.17, 15) is 4.79 Å². The minimum Gasteiger partial charge on any atom is -0.330 e. The maximum Gasteiger partial charge on any atom is 0.219 e. The van der Waals surface area contributed by atoms with Crippen LogP contribution in [0.2, 0.25) is 0 Å². The summed E-state index contributed by atoms with van der Waals surface area (Å²) in [6, 6.07) is 8.07. The fraction of sp³-hybridized carbons (Fsp3) is 0.632. The summed E-state index contributed by atoms with van der Waals surface area (Å²) >= 11 is 1.45. The van der Waals surface area contributed by atoms with E-state index in [0.29, 0.717) is 0 Å². The third kappa shape index (κ3) is 11.9. The largest absolute Gasteiger partial charge is 0.330 e. The zero-order valence-corrected chi connectivity index (χ0v) is 18.0. The van der Waals surface area contributed by atoms with Crippen LogP contribution >= 0.6 is 36.6 Å². The summed E-state index contributed by atoms with van der Waals surface area (Å²) in [6.45, 7) is 8.50. The SMILES string of the molecule is CCN(CC)CCCCSC(=O)c1ccc(CCCCN)cc1.Cl.Cl. The van der Waals surface area contributed by atoms with Gasteiger partial charge in [0.15, 0.2) is 0 Å². The van der Waals surface area contributed by atoms with E-state index in [1.54, 1.807) is 0 Å². The van der Waals surface area contributed by atoms with Crippen LogP contribution in [0.5, 0.6) is 0 Å². The minimum absolute atomic E-state index is 0. The molecule has 0 aliphatic rings. The van der Waals surface area contributed by atoms with Crippen molar-refractivity contribution in [1.29, 1.82) is 0 Å². The van der Waals surface area contributed by atoms with Gasteiger partial charge in [-0.15, -0.1) is 24.8 Å². The number of thioether (sulfide) groups is 1. The summed E-state index contributed by atoms with van der Waals surface area (Å²) < 4.78 is 0. The lowest BCUT2D eigenvalue weighted by Gasteiger charge is -2.17. The van der Waals surface area contributed by atoms with E-state index in [0.717, 1.165) is 63.2 Å². The van der Waals surface area contributed by atoms with Crippen molar-refractivity contribution >= 4 is 41.7 Å². The van der Waals surface area contributed by atoms with Crippen molar-refractivity contribution in [3.63, 3.8) is 0 Å². The lowest BCUT2D eigenvalue weighted by atomic mass is 10.1. The minimum atomic E-state index is 0. The van der Waals surface area contributed by atoms with Crippen molar-refractivity contribution in [3.8, 4) is 0 Å². The summed E-state index contributed by atoms with van der Waals surface area (Å²) in [6.07, 6.45) is 5.49. The predicted molar refractivity (Wildman–Crippen MR) is 117 cm³/mol. The number of nitrogens with zero attached hydrogens (tertiary/aromatic N) is 1. The standard InChI is InChI=1S/C19H32N2OS.2ClH/c1-3-21(4-2)15-7-8-16-23-19(22)18-12-10-17(11-13-18)9-5-6-14-20;;/h10-13H,3-9,14-16,20H2,1-2H3;2*1H. The molecule has 25 heavy (non-hydrogen) atoms. The number of hydrogen-bond acceptors (Lipinski definition) is 4. The molecular formula is C19H34Cl2N2OS. The van der Waals surface area contributed by atoms with Gasteiger partial charge in [0.25, 0.3) is 0 Å². The van der Waals surface area contributed by atoms with Gasteiger partial charge in [-0.25, -0.2) is 0 Å². The summed E-state index contributed by atoms with van der Waals surface area (Å²) in [5.41, 5.74) is 7.62. The fourth-order valence-electron chi connectivity index (χ4n) is 2.51. The highest BCUT2D eigenvalue weighted by molar-refractivity contribution is 8.14. The lowest BCUT2D eigenvalue weighted by molar-refractivity contribution is 0.108. The Labute approximate surface area is 170 Å². The van der Waals surface area contributed by atoms with Gasteiger partial charge in [-0.3, -0.25) is 4.79 Å². The Kier molecular flexibility index (Phi) is 18.5. The van der Waals surface area contributed by atoms with Crippen LogP contribution in [-0.2, 0) is 6.42 Å². The third-order valence-electron chi connectivity index (χ3n) is 4.11. The number of nitrogens with two attached hydrogens (primary N) is 1. The molecule has 146 valence electrons. The van der Waals surface area contributed by atoms with E-state index >= 15 is 0 Å². The number of rotatable bonds is 12. The first kappa shape index (κ1) is 27.0. The molecule has 0 unspecified atom stereocenters. The Morgan fingerprint density at radius 3 is 2.20 bits per heavy atom. The zero-order chi connectivity index (χ0) is 16.9. The second-order valence-corrected chi connectivity index (χ2v) is 6.88. The quantitative estimate of drug-likeness (QED) is 0.504. The van der Waals surface area contributed by atoms with Crippen LogP contribution in [0.3, 0.4) is 0 Å². The van der Waals surface area contributed by atoms with Crippen LogP contribution in [-0.4, -0.2) is 41.9 Å². The molecule has 0 amide bonds. The van der Waals surface area contributed by atoms with Crippen LogP contribution in [0.25, 0.3) is 0 Å². The van der Waals surface area contributed by atoms with Crippen molar-refractivity contribution in [2.24, 2.45) is 5.73 Å². The van der Waals surface area contributed by atoms with Gasteiger partial charge < -0.3 is 10.6 Å². The second kappa shape index (κ2) is 17.2. The summed E-state index contributed by atoms with van der Waals surface area (Å²) in [5, 5.41) is 0.196. The van der Waals surface area contributed by atoms with Crippen LogP contribution in [0.4, 0.5) is 0 Å². The highest BCUT2D eigenvalue weighted by Crippen LogP contribution is 2.16. The topological polar surface area (TPSA) is 46.3 Å². The Hall–Kier alpha value is -0.260. The molecule has 0 fully saturated rings. The molecule has 0 aromatic heterocycles. The lowest BCUT2D eigenvalue weighted by Crippen LogP contribution is -2.23. The summed E-state index contributed by atoms with van der Waals surface area (Å²) in [5.74, 6) is 0.915. The smallest absolute Gasteiger partial charge is 0.219 e. The molecule has 0 saturated carbocycles. The van der Waals surface area contributed by atoms with Gasteiger partial charge in [-0.1, -0.05) is 49.9 Å². The molecule has 1 rings (SSSR count). The Bertz CT molecular complexity index is 440. The van der Waals surface area contributed by atoms with E-state index < -0.39 is 0 Å². The summed E-state index contributed by atoms with van der Waals surface area (Å²) in [4.78, 5) is 14.6. The van der Waals surface area contributed by atoms with Crippen molar-refractivity contribution in [1.82, 2.24) is 4.90 Å². The molecular weight excluding hydrogens is 375 g/mol. The molecule has 2 N–H and O–H groups in total. The molecule has 6 heteroatoms. The number of hydrogen-bond donors (Lipinski definition) is 1. The normalized spacial score (nSPS) is 10.2. The van der Waals surface area contributed by atoms with E-state index in [1.165, 1.54) is 23.7 Å².